The van der Waals surface area contributed by atoms with Crippen LogP contribution in [-0.4, -0.2) is 29.5 Å². The Morgan fingerprint density at radius 3 is 2.33 bits per heavy atom. The summed E-state index contributed by atoms with van der Waals surface area (Å²) in [6.07, 6.45) is 1.35. The van der Waals surface area contributed by atoms with Crippen molar-refractivity contribution in [3.05, 3.63) is 89.1 Å². The van der Waals surface area contributed by atoms with Crippen LogP contribution in [0.3, 0.4) is 0 Å². The Morgan fingerprint density at radius 1 is 0.939 bits per heavy atom. The fraction of sp³-hybridized carbons (Fsp3) is 0.125. The van der Waals surface area contributed by atoms with Crippen LogP contribution in [0.15, 0.2) is 71.9 Å². The van der Waals surface area contributed by atoms with E-state index in [1.54, 1.807) is 12.1 Å². The van der Waals surface area contributed by atoms with Gasteiger partial charge in [0.2, 0.25) is 5.88 Å². The average Bonchev–Trinajstić information content (AvgIpc) is 3.32. The molecule has 1 amide bonds. The van der Waals surface area contributed by atoms with Crippen molar-refractivity contribution in [2.24, 2.45) is 0 Å². The van der Waals surface area contributed by atoms with Gasteiger partial charge in [0.15, 0.2) is 5.03 Å². The molecule has 0 bridgehead atoms. The summed E-state index contributed by atoms with van der Waals surface area (Å²) in [5.74, 6) is -0.367. The van der Waals surface area contributed by atoms with Crippen LogP contribution >= 0.6 is 0 Å². The standard InChI is InChI=1S/C24H22N4O4S/c1-15-4-7-18(8-5-15)20-10-9-19(23(29)28-33(30,31)22-12-13-25-27-22)24(26-20)32-21-11-6-16(2)14-17(21)3/h4-14H,1-3H3,(H,25,27)(H,28,29). The van der Waals surface area contributed by atoms with Gasteiger partial charge in [-0.15, -0.1) is 0 Å². The lowest BCUT2D eigenvalue weighted by atomic mass is 10.1. The SMILES string of the molecule is Cc1ccc(-c2ccc(C(=O)NS(=O)(=O)c3cc[nH]n3)c(Oc3ccc(C)cc3C)n2)cc1. The molecule has 2 aromatic carbocycles. The Bertz CT molecular complexity index is 1410. The summed E-state index contributed by atoms with van der Waals surface area (Å²) in [4.78, 5) is 17.5. The molecule has 0 unspecified atom stereocenters. The van der Waals surface area contributed by atoms with E-state index in [4.69, 9.17) is 4.74 Å². The molecular formula is C24H22N4O4S. The first-order chi connectivity index (χ1) is 15.7. The summed E-state index contributed by atoms with van der Waals surface area (Å²) in [6, 6.07) is 17.8. The van der Waals surface area contributed by atoms with E-state index < -0.39 is 15.9 Å². The van der Waals surface area contributed by atoms with Gasteiger partial charge in [-0.2, -0.15) is 13.5 Å². The summed E-state index contributed by atoms with van der Waals surface area (Å²) in [6.45, 7) is 5.83. The van der Waals surface area contributed by atoms with Crippen LogP contribution in [0.4, 0.5) is 0 Å². The number of nitrogens with zero attached hydrogens (tertiary/aromatic N) is 2. The molecule has 4 rings (SSSR count). The number of carbonyl (C=O) groups excluding carboxylic acids is 1. The van der Waals surface area contributed by atoms with E-state index in [1.807, 2.05) is 61.9 Å². The van der Waals surface area contributed by atoms with Crippen molar-refractivity contribution in [2.45, 2.75) is 25.8 Å². The number of aromatic nitrogens is 3. The third-order valence-electron chi connectivity index (χ3n) is 4.97. The number of aryl methyl sites for hydroxylation is 3. The number of hydrogen-bond donors (Lipinski definition) is 2. The number of ether oxygens (including phenoxy) is 1. The fourth-order valence-corrected chi connectivity index (χ4v) is 4.10. The van der Waals surface area contributed by atoms with Gasteiger partial charge in [-0.1, -0.05) is 47.5 Å². The van der Waals surface area contributed by atoms with Gasteiger partial charge in [0, 0.05) is 11.8 Å². The molecule has 0 saturated carbocycles. The van der Waals surface area contributed by atoms with Crippen LogP contribution < -0.4 is 9.46 Å². The van der Waals surface area contributed by atoms with Gasteiger partial charge >= 0.3 is 0 Å². The van der Waals surface area contributed by atoms with Gasteiger partial charge in [-0.25, -0.2) is 9.71 Å². The van der Waals surface area contributed by atoms with Crippen molar-refractivity contribution in [3.8, 4) is 22.9 Å². The van der Waals surface area contributed by atoms with Gasteiger partial charge in [0.1, 0.15) is 11.3 Å². The number of aromatic amines is 1. The smallest absolute Gasteiger partial charge is 0.283 e. The lowest BCUT2D eigenvalue weighted by molar-refractivity contribution is 0.0978. The quantitative estimate of drug-likeness (QED) is 0.441. The van der Waals surface area contributed by atoms with Gasteiger partial charge in [0.25, 0.3) is 15.9 Å². The van der Waals surface area contributed by atoms with Crippen molar-refractivity contribution >= 4 is 15.9 Å². The zero-order valence-electron chi connectivity index (χ0n) is 18.3. The van der Waals surface area contributed by atoms with Crippen molar-refractivity contribution < 1.29 is 17.9 Å². The van der Waals surface area contributed by atoms with E-state index in [1.165, 1.54) is 18.3 Å². The van der Waals surface area contributed by atoms with E-state index in [0.29, 0.717) is 11.4 Å². The number of pyridine rings is 1. The zero-order chi connectivity index (χ0) is 23.6. The summed E-state index contributed by atoms with van der Waals surface area (Å²) >= 11 is 0. The molecule has 168 valence electrons. The number of sulfonamides is 1. The minimum absolute atomic E-state index is 0.00486. The molecule has 2 N–H and O–H groups in total. The Balaban J connectivity index is 1.74. The second kappa shape index (κ2) is 8.87. The predicted octanol–water partition coefficient (Wildman–Crippen LogP) is 4.31. The highest BCUT2D eigenvalue weighted by Crippen LogP contribution is 2.30. The molecular weight excluding hydrogens is 440 g/mol. The summed E-state index contributed by atoms with van der Waals surface area (Å²) < 4.78 is 33.0. The molecule has 0 saturated heterocycles. The molecule has 2 heterocycles. The third-order valence-corrected chi connectivity index (χ3v) is 6.20. The first kappa shape index (κ1) is 22.2. The maximum Gasteiger partial charge on any atom is 0.283 e. The predicted molar refractivity (Wildman–Crippen MR) is 124 cm³/mol. The monoisotopic (exact) mass is 462 g/mol. The summed E-state index contributed by atoms with van der Waals surface area (Å²) in [5.41, 5.74) is 4.41. The second-order valence-electron chi connectivity index (χ2n) is 7.63. The topological polar surface area (TPSA) is 114 Å². The Kier molecular flexibility index (Phi) is 5.97. The number of benzene rings is 2. The molecule has 33 heavy (non-hydrogen) atoms. The molecule has 0 fully saturated rings. The number of amides is 1. The second-order valence-corrected chi connectivity index (χ2v) is 9.26. The minimum Gasteiger partial charge on any atom is -0.438 e. The summed E-state index contributed by atoms with van der Waals surface area (Å²) in [7, 11) is -4.16. The van der Waals surface area contributed by atoms with Crippen molar-refractivity contribution in [3.63, 3.8) is 0 Å². The Morgan fingerprint density at radius 2 is 1.67 bits per heavy atom. The zero-order valence-corrected chi connectivity index (χ0v) is 19.1. The van der Waals surface area contributed by atoms with Crippen molar-refractivity contribution in [1.82, 2.24) is 19.9 Å². The lowest BCUT2D eigenvalue weighted by Crippen LogP contribution is -2.31. The first-order valence-electron chi connectivity index (χ1n) is 10.1. The van der Waals surface area contributed by atoms with E-state index in [0.717, 1.165) is 22.3 Å². The van der Waals surface area contributed by atoms with E-state index in [2.05, 4.69) is 15.2 Å². The largest absolute Gasteiger partial charge is 0.438 e. The normalized spacial score (nSPS) is 11.2. The molecule has 9 heteroatoms. The van der Waals surface area contributed by atoms with Gasteiger partial charge in [-0.05, 0) is 50.6 Å². The van der Waals surface area contributed by atoms with Crippen LogP contribution in [0.25, 0.3) is 11.3 Å². The molecule has 8 nitrogen and oxygen atoms in total. The Hall–Kier alpha value is -3.98. The molecule has 0 spiro atoms. The van der Waals surface area contributed by atoms with E-state index >= 15 is 0 Å². The highest BCUT2D eigenvalue weighted by molar-refractivity contribution is 7.90. The molecule has 0 atom stereocenters. The number of rotatable bonds is 6. The summed E-state index contributed by atoms with van der Waals surface area (Å²) in [5, 5.41) is 5.75. The van der Waals surface area contributed by atoms with Crippen LogP contribution in [0.2, 0.25) is 0 Å². The lowest BCUT2D eigenvalue weighted by Gasteiger charge is -2.14. The molecule has 4 aromatic rings. The Labute approximate surface area is 191 Å². The van der Waals surface area contributed by atoms with Crippen LogP contribution in [0, 0.1) is 20.8 Å². The minimum atomic E-state index is -4.16. The maximum absolute atomic E-state index is 12.9. The number of carbonyl (C=O) groups is 1. The van der Waals surface area contributed by atoms with Crippen LogP contribution in [-0.2, 0) is 10.0 Å². The van der Waals surface area contributed by atoms with Crippen LogP contribution in [0.5, 0.6) is 11.6 Å². The highest BCUT2D eigenvalue weighted by Gasteiger charge is 2.24. The number of hydrogen-bond acceptors (Lipinski definition) is 6. The molecule has 0 aliphatic rings. The van der Waals surface area contributed by atoms with Crippen LogP contribution in [0.1, 0.15) is 27.0 Å². The number of nitrogens with one attached hydrogen (secondary N) is 2. The molecule has 0 aliphatic carbocycles. The fourth-order valence-electron chi connectivity index (χ4n) is 3.22. The molecule has 0 radical (unpaired) electrons. The van der Waals surface area contributed by atoms with Gasteiger partial charge in [0.05, 0.1) is 5.69 Å². The maximum atomic E-state index is 12.9. The third kappa shape index (κ3) is 4.93. The van der Waals surface area contributed by atoms with Gasteiger partial charge in [-0.3, -0.25) is 9.89 Å². The van der Waals surface area contributed by atoms with E-state index in [-0.39, 0.29) is 16.5 Å². The van der Waals surface area contributed by atoms with Gasteiger partial charge < -0.3 is 4.74 Å². The molecule has 0 aliphatic heterocycles. The van der Waals surface area contributed by atoms with Crippen molar-refractivity contribution in [1.29, 1.82) is 0 Å². The van der Waals surface area contributed by atoms with E-state index in [9.17, 15) is 13.2 Å². The average molecular weight is 463 g/mol. The number of H-pyrrole nitrogens is 1. The molecule has 2 aromatic heterocycles. The first-order valence-corrected chi connectivity index (χ1v) is 11.6. The highest BCUT2D eigenvalue weighted by atomic mass is 32.2. The van der Waals surface area contributed by atoms with Crippen molar-refractivity contribution in [2.75, 3.05) is 0 Å².